The van der Waals surface area contributed by atoms with E-state index in [0.29, 0.717) is 6.04 Å². The van der Waals surface area contributed by atoms with Crippen molar-refractivity contribution < 1.29 is 0 Å². The summed E-state index contributed by atoms with van der Waals surface area (Å²) < 4.78 is 0. The van der Waals surface area contributed by atoms with Crippen LogP contribution in [-0.2, 0) is 6.54 Å². The third kappa shape index (κ3) is 3.98. The molecule has 1 unspecified atom stereocenters. The lowest BCUT2D eigenvalue weighted by atomic mass is 10.1. The molecule has 2 aromatic rings. The monoisotopic (exact) mass is 326 g/mol. The van der Waals surface area contributed by atoms with Gasteiger partial charge in [-0.05, 0) is 24.6 Å². The van der Waals surface area contributed by atoms with Gasteiger partial charge in [-0.25, -0.2) is 0 Å². The van der Waals surface area contributed by atoms with Gasteiger partial charge in [-0.2, -0.15) is 5.10 Å². The maximum Gasteiger partial charge on any atom is 0.0695 e. The van der Waals surface area contributed by atoms with Crippen molar-refractivity contribution in [3.05, 3.63) is 41.0 Å². The summed E-state index contributed by atoms with van der Waals surface area (Å²) in [6.07, 6.45) is 1.93. The van der Waals surface area contributed by atoms with E-state index in [1.165, 1.54) is 5.56 Å². The van der Waals surface area contributed by atoms with Crippen molar-refractivity contribution in [1.82, 2.24) is 20.4 Å². The van der Waals surface area contributed by atoms with E-state index in [1.807, 2.05) is 30.5 Å². The Morgan fingerprint density at radius 2 is 2.10 bits per heavy atom. The van der Waals surface area contributed by atoms with Crippen molar-refractivity contribution in [1.29, 1.82) is 0 Å². The van der Waals surface area contributed by atoms with Gasteiger partial charge in [0.05, 0.1) is 11.9 Å². The average molecular weight is 327 g/mol. The molecule has 114 valence electrons. The van der Waals surface area contributed by atoms with Crippen molar-refractivity contribution in [2.75, 3.05) is 19.6 Å². The van der Waals surface area contributed by atoms with Crippen LogP contribution in [-0.4, -0.2) is 40.8 Å². The molecule has 1 fully saturated rings. The van der Waals surface area contributed by atoms with Gasteiger partial charge in [0.1, 0.15) is 0 Å². The van der Waals surface area contributed by atoms with Gasteiger partial charge in [0.2, 0.25) is 0 Å². The van der Waals surface area contributed by atoms with Gasteiger partial charge in [-0.1, -0.05) is 23.7 Å². The van der Waals surface area contributed by atoms with Crippen LogP contribution in [0.5, 0.6) is 0 Å². The second kappa shape index (κ2) is 7.27. The van der Waals surface area contributed by atoms with Crippen molar-refractivity contribution in [2.24, 2.45) is 0 Å². The lowest BCUT2D eigenvalue weighted by Crippen LogP contribution is -2.48. The molecule has 4 nitrogen and oxygen atoms in total. The van der Waals surface area contributed by atoms with E-state index in [0.717, 1.165) is 42.5 Å². The Balaban J connectivity index is 0.00000161. The predicted octanol–water partition coefficient (Wildman–Crippen LogP) is 2.95. The van der Waals surface area contributed by atoms with E-state index < -0.39 is 0 Å². The first-order valence-electron chi connectivity index (χ1n) is 6.96. The smallest absolute Gasteiger partial charge is 0.0695 e. The molecule has 1 saturated heterocycles. The van der Waals surface area contributed by atoms with Crippen LogP contribution in [0, 0.1) is 0 Å². The average Bonchev–Trinajstić information content (AvgIpc) is 2.88. The summed E-state index contributed by atoms with van der Waals surface area (Å²) in [4.78, 5) is 2.46. The molecule has 0 amide bonds. The van der Waals surface area contributed by atoms with Crippen molar-refractivity contribution >= 4 is 24.0 Å². The Bertz CT molecular complexity index is 567. The Kier molecular flexibility index (Phi) is 5.65. The highest BCUT2D eigenvalue weighted by molar-refractivity contribution is 6.30. The molecule has 1 aromatic heterocycles. The molecule has 3 rings (SSSR count). The zero-order chi connectivity index (χ0) is 13.9. The fraction of sp³-hybridized carbons (Fsp3) is 0.400. The Hall–Kier alpha value is -1.07. The fourth-order valence-corrected chi connectivity index (χ4v) is 2.82. The number of nitrogens with zero attached hydrogens (tertiary/aromatic N) is 2. The fourth-order valence-electron chi connectivity index (χ4n) is 2.69. The Labute approximate surface area is 136 Å². The Morgan fingerprint density at radius 1 is 1.33 bits per heavy atom. The summed E-state index contributed by atoms with van der Waals surface area (Å²) in [5.41, 5.74) is 3.46. The van der Waals surface area contributed by atoms with Gasteiger partial charge in [-0.15, -0.1) is 12.4 Å². The SMILES string of the molecule is CC1CN(Cc2cn[nH]c2-c2ccc(Cl)cc2)CCN1.Cl. The second-order valence-corrected chi connectivity index (χ2v) is 5.80. The van der Waals surface area contributed by atoms with Crippen molar-refractivity contribution in [3.63, 3.8) is 0 Å². The molecule has 21 heavy (non-hydrogen) atoms. The number of hydrogen-bond acceptors (Lipinski definition) is 3. The third-order valence-corrected chi connectivity index (χ3v) is 3.95. The molecule has 2 N–H and O–H groups in total. The van der Waals surface area contributed by atoms with Gasteiger partial charge in [0.25, 0.3) is 0 Å². The molecule has 0 aliphatic carbocycles. The maximum atomic E-state index is 5.94. The number of benzene rings is 1. The number of aromatic nitrogens is 2. The molecular formula is C15H20Cl2N4. The first kappa shape index (κ1) is 16.3. The third-order valence-electron chi connectivity index (χ3n) is 3.70. The van der Waals surface area contributed by atoms with Crippen LogP contribution in [0.4, 0.5) is 0 Å². The van der Waals surface area contributed by atoms with Crippen molar-refractivity contribution in [3.8, 4) is 11.3 Å². The quantitative estimate of drug-likeness (QED) is 0.911. The van der Waals surface area contributed by atoms with Crippen LogP contribution < -0.4 is 5.32 Å². The first-order chi connectivity index (χ1) is 9.72. The predicted molar refractivity (Wildman–Crippen MR) is 89.0 cm³/mol. The van der Waals surface area contributed by atoms with Gasteiger partial charge in [0.15, 0.2) is 0 Å². The Morgan fingerprint density at radius 3 is 2.81 bits per heavy atom. The van der Waals surface area contributed by atoms with E-state index in [4.69, 9.17) is 11.6 Å². The number of nitrogens with one attached hydrogen (secondary N) is 2. The van der Waals surface area contributed by atoms with Crippen LogP contribution in [0.3, 0.4) is 0 Å². The highest BCUT2D eigenvalue weighted by Crippen LogP contribution is 2.24. The van der Waals surface area contributed by atoms with Crippen LogP contribution >= 0.6 is 24.0 Å². The summed E-state index contributed by atoms with van der Waals surface area (Å²) in [7, 11) is 0. The van der Waals surface area contributed by atoms with E-state index in [-0.39, 0.29) is 12.4 Å². The minimum atomic E-state index is 0. The molecule has 1 aliphatic rings. The number of rotatable bonds is 3. The minimum Gasteiger partial charge on any atom is -0.312 e. The molecule has 1 aliphatic heterocycles. The lowest BCUT2D eigenvalue weighted by molar-refractivity contribution is 0.200. The molecule has 1 aromatic carbocycles. The van der Waals surface area contributed by atoms with Crippen LogP contribution in [0.15, 0.2) is 30.5 Å². The van der Waals surface area contributed by atoms with E-state index in [2.05, 4.69) is 27.3 Å². The number of piperazine rings is 1. The summed E-state index contributed by atoms with van der Waals surface area (Å²) in [5, 5.41) is 11.5. The first-order valence-corrected chi connectivity index (χ1v) is 7.34. The number of hydrogen-bond donors (Lipinski definition) is 2. The number of halogens is 2. The lowest BCUT2D eigenvalue weighted by Gasteiger charge is -2.31. The van der Waals surface area contributed by atoms with Gasteiger partial charge in [0, 0.05) is 42.8 Å². The topological polar surface area (TPSA) is 44.0 Å². The zero-order valence-electron chi connectivity index (χ0n) is 12.0. The molecule has 0 bridgehead atoms. The number of aromatic amines is 1. The minimum absolute atomic E-state index is 0. The normalized spacial score (nSPS) is 19.2. The van der Waals surface area contributed by atoms with Gasteiger partial charge >= 0.3 is 0 Å². The van der Waals surface area contributed by atoms with Crippen LogP contribution in [0.2, 0.25) is 5.02 Å². The summed E-state index contributed by atoms with van der Waals surface area (Å²) in [6, 6.07) is 8.43. The summed E-state index contributed by atoms with van der Waals surface area (Å²) >= 11 is 5.94. The van der Waals surface area contributed by atoms with E-state index >= 15 is 0 Å². The molecule has 0 spiro atoms. The molecule has 1 atom stereocenters. The summed E-state index contributed by atoms with van der Waals surface area (Å²) in [5.74, 6) is 0. The van der Waals surface area contributed by atoms with Crippen LogP contribution in [0.25, 0.3) is 11.3 Å². The zero-order valence-corrected chi connectivity index (χ0v) is 13.5. The van der Waals surface area contributed by atoms with Crippen molar-refractivity contribution in [2.45, 2.75) is 19.5 Å². The van der Waals surface area contributed by atoms with Gasteiger partial charge in [-0.3, -0.25) is 10.00 Å². The molecule has 6 heteroatoms. The molecule has 0 saturated carbocycles. The highest BCUT2D eigenvalue weighted by Gasteiger charge is 2.18. The summed E-state index contributed by atoms with van der Waals surface area (Å²) in [6.45, 7) is 6.36. The standard InChI is InChI=1S/C15H19ClN4.ClH/c1-11-9-20(7-6-17-11)10-13-8-18-19-15(13)12-2-4-14(16)5-3-12;/h2-5,8,11,17H,6-7,9-10H2,1H3,(H,18,19);1H. The van der Waals surface area contributed by atoms with Gasteiger partial charge < -0.3 is 5.32 Å². The van der Waals surface area contributed by atoms with E-state index in [1.54, 1.807) is 0 Å². The molecule has 0 radical (unpaired) electrons. The largest absolute Gasteiger partial charge is 0.312 e. The molecular weight excluding hydrogens is 307 g/mol. The maximum absolute atomic E-state index is 5.94. The highest BCUT2D eigenvalue weighted by atomic mass is 35.5. The van der Waals surface area contributed by atoms with Crippen LogP contribution in [0.1, 0.15) is 12.5 Å². The van der Waals surface area contributed by atoms with E-state index in [9.17, 15) is 0 Å². The number of H-pyrrole nitrogens is 1. The second-order valence-electron chi connectivity index (χ2n) is 5.37. The molecule has 2 heterocycles.